The molecule has 1 aliphatic heterocycles. The first-order chi connectivity index (χ1) is 15.9. The lowest BCUT2D eigenvalue weighted by Gasteiger charge is -2.36. The third kappa shape index (κ3) is 4.95. The number of nitrogens with zero attached hydrogens (tertiary/aromatic N) is 4. The highest BCUT2D eigenvalue weighted by atomic mass is 32.2. The lowest BCUT2D eigenvalue weighted by molar-refractivity contribution is 0.140. The van der Waals surface area contributed by atoms with Crippen LogP contribution in [0.25, 0.3) is 10.9 Å². The molecule has 1 atom stereocenters. The third-order valence-electron chi connectivity index (χ3n) is 5.92. The Labute approximate surface area is 195 Å². The van der Waals surface area contributed by atoms with E-state index in [1.165, 1.54) is 4.31 Å². The zero-order valence-corrected chi connectivity index (χ0v) is 20.1. The van der Waals surface area contributed by atoms with Crippen LogP contribution in [0.2, 0.25) is 0 Å². The molecule has 4 rings (SSSR count). The maximum Gasteiger partial charge on any atom is 0.243 e. The minimum atomic E-state index is -3.55. The Balaban J connectivity index is 1.49. The quantitative estimate of drug-likeness (QED) is 0.498. The number of benzene rings is 2. The first-order valence-corrected chi connectivity index (χ1v) is 12.7. The second-order valence-electron chi connectivity index (χ2n) is 8.04. The van der Waals surface area contributed by atoms with Gasteiger partial charge in [-0.1, -0.05) is 19.1 Å². The van der Waals surface area contributed by atoms with Crippen LogP contribution in [0.5, 0.6) is 11.6 Å². The molecule has 0 amide bonds. The number of hydrogen-bond acceptors (Lipinski definition) is 7. The summed E-state index contributed by atoms with van der Waals surface area (Å²) in [6, 6.07) is 14.3. The van der Waals surface area contributed by atoms with Crippen LogP contribution in [0.1, 0.15) is 32.1 Å². The van der Waals surface area contributed by atoms with Crippen LogP contribution >= 0.6 is 0 Å². The van der Waals surface area contributed by atoms with Gasteiger partial charge in [-0.05, 0) is 49.7 Å². The molecule has 9 heteroatoms. The van der Waals surface area contributed by atoms with Gasteiger partial charge in [-0.3, -0.25) is 4.90 Å². The van der Waals surface area contributed by atoms with Crippen molar-refractivity contribution in [1.82, 2.24) is 19.2 Å². The average molecular weight is 471 g/mol. The molecule has 1 aromatic heterocycles. The van der Waals surface area contributed by atoms with Crippen molar-refractivity contribution in [3.8, 4) is 11.6 Å². The van der Waals surface area contributed by atoms with E-state index in [1.807, 2.05) is 24.3 Å². The lowest BCUT2D eigenvalue weighted by atomic mass is 10.2. The highest BCUT2D eigenvalue weighted by Gasteiger charge is 2.31. The number of methoxy groups -OCH3 is 1. The van der Waals surface area contributed by atoms with Crippen molar-refractivity contribution < 1.29 is 17.9 Å². The Morgan fingerprint density at radius 2 is 1.70 bits per heavy atom. The molecule has 1 fully saturated rings. The Kier molecular flexibility index (Phi) is 7.11. The summed E-state index contributed by atoms with van der Waals surface area (Å²) in [5.41, 5.74) is 0.848. The largest absolute Gasteiger partial charge is 0.497 e. The summed E-state index contributed by atoms with van der Waals surface area (Å²) < 4.78 is 38.7. The molecule has 0 N–H and O–H groups in total. The zero-order chi connectivity index (χ0) is 23.4. The zero-order valence-electron chi connectivity index (χ0n) is 19.3. The lowest BCUT2D eigenvalue weighted by Crippen LogP contribution is -2.49. The number of piperazine rings is 1. The van der Waals surface area contributed by atoms with Gasteiger partial charge in [0.2, 0.25) is 15.9 Å². The summed E-state index contributed by atoms with van der Waals surface area (Å²) in [4.78, 5) is 12.0. The number of ether oxygens (including phenoxy) is 2. The van der Waals surface area contributed by atoms with Crippen LogP contribution in [0, 0.1) is 0 Å². The monoisotopic (exact) mass is 470 g/mol. The first-order valence-electron chi connectivity index (χ1n) is 11.2. The van der Waals surface area contributed by atoms with E-state index in [4.69, 9.17) is 19.4 Å². The maximum atomic E-state index is 13.1. The van der Waals surface area contributed by atoms with Crippen molar-refractivity contribution in [2.24, 2.45) is 0 Å². The fraction of sp³-hybridized carbons (Fsp3) is 0.417. The van der Waals surface area contributed by atoms with Gasteiger partial charge in [0.15, 0.2) is 0 Å². The summed E-state index contributed by atoms with van der Waals surface area (Å²) in [7, 11) is -1.99. The van der Waals surface area contributed by atoms with Gasteiger partial charge < -0.3 is 9.47 Å². The van der Waals surface area contributed by atoms with Gasteiger partial charge in [0.05, 0.1) is 35.6 Å². The SMILES string of the molecule is CCCOc1nc(C(C)N2CCN(S(=O)(=O)c3ccc(OC)cc3)CC2)nc2ccccc12. The molecular weight excluding hydrogens is 440 g/mol. The number of aromatic nitrogens is 2. The van der Waals surface area contributed by atoms with E-state index >= 15 is 0 Å². The summed E-state index contributed by atoms with van der Waals surface area (Å²) in [5, 5.41) is 0.900. The maximum absolute atomic E-state index is 13.1. The molecule has 3 aromatic rings. The van der Waals surface area contributed by atoms with E-state index in [0.717, 1.165) is 17.3 Å². The van der Waals surface area contributed by atoms with E-state index in [2.05, 4.69) is 18.7 Å². The van der Waals surface area contributed by atoms with Gasteiger partial charge in [0.1, 0.15) is 11.6 Å². The molecule has 0 radical (unpaired) electrons. The van der Waals surface area contributed by atoms with E-state index in [9.17, 15) is 8.42 Å². The molecule has 2 heterocycles. The van der Waals surface area contributed by atoms with Crippen LogP contribution in [-0.4, -0.2) is 67.5 Å². The number of sulfonamides is 1. The number of para-hydroxylation sites is 1. The summed E-state index contributed by atoms with van der Waals surface area (Å²) >= 11 is 0. The predicted molar refractivity (Wildman–Crippen MR) is 127 cm³/mol. The molecule has 33 heavy (non-hydrogen) atoms. The standard InChI is InChI=1S/C24H30N4O4S/c1-4-17-32-24-21-7-5-6-8-22(21)25-23(26-24)18(2)27-13-15-28(16-14-27)33(29,30)20-11-9-19(31-3)10-12-20/h5-12,18H,4,13-17H2,1-3H3. The summed E-state index contributed by atoms with van der Waals surface area (Å²) in [6.45, 7) is 6.72. The topological polar surface area (TPSA) is 84.9 Å². The van der Waals surface area contributed by atoms with Crippen molar-refractivity contribution in [3.05, 3.63) is 54.4 Å². The normalized spacial score (nSPS) is 16.6. The van der Waals surface area contributed by atoms with Crippen molar-refractivity contribution >= 4 is 20.9 Å². The number of rotatable bonds is 8. The molecule has 8 nitrogen and oxygen atoms in total. The second kappa shape index (κ2) is 10.0. The van der Waals surface area contributed by atoms with E-state index in [-0.39, 0.29) is 10.9 Å². The van der Waals surface area contributed by atoms with Crippen LogP contribution in [0.3, 0.4) is 0 Å². The van der Waals surface area contributed by atoms with Gasteiger partial charge in [-0.2, -0.15) is 9.29 Å². The van der Waals surface area contributed by atoms with E-state index in [1.54, 1.807) is 31.4 Å². The van der Waals surface area contributed by atoms with Gasteiger partial charge in [-0.15, -0.1) is 0 Å². The average Bonchev–Trinajstić information content (AvgIpc) is 2.86. The molecule has 176 valence electrons. The van der Waals surface area contributed by atoms with Gasteiger partial charge in [-0.25, -0.2) is 13.4 Å². The van der Waals surface area contributed by atoms with Crippen LogP contribution in [0.15, 0.2) is 53.4 Å². The second-order valence-corrected chi connectivity index (χ2v) is 9.98. The highest BCUT2D eigenvalue weighted by Crippen LogP contribution is 2.28. The van der Waals surface area contributed by atoms with Crippen LogP contribution in [-0.2, 0) is 10.0 Å². The fourth-order valence-corrected chi connectivity index (χ4v) is 5.37. The highest BCUT2D eigenvalue weighted by molar-refractivity contribution is 7.89. The van der Waals surface area contributed by atoms with Crippen molar-refractivity contribution in [3.63, 3.8) is 0 Å². The van der Waals surface area contributed by atoms with Crippen molar-refractivity contribution in [1.29, 1.82) is 0 Å². The molecule has 0 aliphatic carbocycles. The smallest absolute Gasteiger partial charge is 0.243 e. The Bertz CT molecular complexity index is 1190. The van der Waals surface area contributed by atoms with Gasteiger partial charge >= 0.3 is 0 Å². The number of fused-ring (bicyclic) bond motifs is 1. The minimum Gasteiger partial charge on any atom is -0.497 e. The Morgan fingerprint density at radius 3 is 2.36 bits per heavy atom. The number of hydrogen-bond donors (Lipinski definition) is 0. The van der Waals surface area contributed by atoms with E-state index < -0.39 is 10.0 Å². The third-order valence-corrected chi connectivity index (χ3v) is 7.83. The molecule has 1 unspecified atom stereocenters. The fourth-order valence-electron chi connectivity index (χ4n) is 3.95. The van der Waals surface area contributed by atoms with Crippen LogP contribution < -0.4 is 9.47 Å². The van der Waals surface area contributed by atoms with Gasteiger partial charge in [0, 0.05) is 26.2 Å². The summed E-state index contributed by atoms with van der Waals surface area (Å²) in [5.74, 6) is 1.92. The predicted octanol–water partition coefficient (Wildman–Crippen LogP) is 3.49. The Morgan fingerprint density at radius 1 is 1.00 bits per heavy atom. The molecule has 2 aromatic carbocycles. The Hall–Kier alpha value is -2.75. The van der Waals surface area contributed by atoms with Gasteiger partial charge in [0.25, 0.3) is 0 Å². The first kappa shape index (κ1) is 23.4. The molecule has 1 aliphatic rings. The molecule has 0 saturated carbocycles. The minimum absolute atomic E-state index is 0.0653. The van der Waals surface area contributed by atoms with Crippen molar-refractivity contribution in [2.45, 2.75) is 31.2 Å². The van der Waals surface area contributed by atoms with Crippen molar-refractivity contribution in [2.75, 3.05) is 39.9 Å². The molecular formula is C24H30N4O4S. The molecule has 0 bridgehead atoms. The van der Waals surface area contributed by atoms with Crippen LogP contribution in [0.4, 0.5) is 0 Å². The molecule has 0 spiro atoms. The summed E-state index contributed by atoms with van der Waals surface area (Å²) in [6.07, 6.45) is 0.897. The van der Waals surface area contributed by atoms with E-state index in [0.29, 0.717) is 50.2 Å². The molecule has 1 saturated heterocycles.